The second kappa shape index (κ2) is 10.9. The lowest BCUT2D eigenvalue weighted by Gasteiger charge is -2.36. The summed E-state index contributed by atoms with van der Waals surface area (Å²) in [6, 6.07) is 2.93. The second-order valence-electron chi connectivity index (χ2n) is 7.54. The van der Waals surface area contributed by atoms with Gasteiger partial charge in [-0.05, 0) is 26.3 Å². The number of amides is 1. The monoisotopic (exact) mass is 545 g/mol. The Kier molecular flexibility index (Phi) is 9.43. The van der Waals surface area contributed by atoms with Crippen LogP contribution in [0.5, 0.6) is 5.88 Å². The molecule has 170 valence electrons. The fourth-order valence-electron chi connectivity index (χ4n) is 2.46. The number of rotatable bonds is 4. The highest BCUT2D eigenvalue weighted by molar-refractivity contribution is 14.0. The molecule has 8 nitrogen and oxygen atoms in total. The summed E-state index contributed by atoms with van der Waals surface area (Å²) in [6.07, 6.45) is -3.37. The van der Waals surface area contributed by atoms with E-state index in [4.69, 9.17) is 10.5 Å². The van der Waals surface area contributed by atoms with Crippen LogP contribution in [0, 0.1) is 0 Å². The van der Waals surface area contributed by atoms with Crippen molar-refractivity contribution in [1.29, 1.82) is 0 Å². The standard InChI is InChI=1S/C18H26F3N5O3.HI/c1-17(2,3)29-16(27)26-8-6-25(7-9-26)15(22)24-11-13-4-5-14(23-10-13)28-12-18(19,20)21;/h4-5,10H,6-9,11-12H2,1-3H3,(H2,22,24);1H. The Morgan fingerprint density at radius 1 is 1.17 bits per heavy atom. The Morgan fingerprint density at radius 3 is 2.27 bits per heavy atom. The van der Waals surface area contributed by atoms with Crippen LogP contribution in [0.25, 0.3) is 0 Å². The molecule has 1 aliphatic rings. The van der Waals surface area contributed by atoms with Crippen molar-refractivity contribution in [2.45, 2.75) is 39.1 Å². The summed E-state index contributed by atoms with van der Waals surface area (Å²) in [6.45, 7) is 6.27. The van der Waals surface area contributed by atoms with Gasteiger partial charge in [-0.2, -0.15) is 13.2 Å². The van der Waals surface area contributed by atoms with Gasteiger partial charge in [0, 0.05) is 38.4 Å². The van der Waals surface area contributed by atoms with Gasteiger partial charge in [0.2, 0.25) is 5.88 Å². The molecule has 1 fully saturated rings. The third kappa shape index (κ3) is 9.22. The summed E-state index contributed by atoms with van der Waals surface area (Å²) in [5, 5.41) is 0. The molecule has 2 N–H and O–H groups in total. The number of hydrogen-bond acceptors (Lipinski definition) is 5. The average Bonchev–Trinajstić information content (AvgIpc) is 2.63. The van der Waals surface area contributed by atoms with E-state index in [0.29, 0.717) is 37.7 Å². The van der Waals surface area contributed by atoms with E-state index in [1.807, 2.05) is 25.7 Å². The minimum absolute atomic E-state index is 0. The number of piperazine rings is 1. The number of pyridine rings is 1. The number of nitrogens with zero attached hydrogens (tertiary/aromatic N) is 4. The molecule has 2 rings (SSSR count). The molecule has 12 heteroatoms. The van der Waals surface area contributed by atoms with Gasteiger partial charge in [0.05, 0.1) is 6.54 Å². The van der Waals surface area contributed by atoms with Gasteiger partial charge in [0.1, 0.15) is 5.60 Å². The maximum absolute atomic E-state index is 12.1. The fourth-order valence-corrected chi connectivity index (χ4v) is 2.46. The van der Waals surface area contributed by atoms with Crippen LogP contribution in [0.2, 0.25) is 0 Å². The zero-order valence-corrected chi connectivity index (χ0v) is 19.4. The first kappa shape index (κ1) is 26.0. The summed E-state index contributed by atoms with van der Waals surface area (Å²) in [5.41, 5.74) is 6.15. The molecule has 0 radical (unpaired) electrons. The summed E-state index contributed by atoms with van der Waals surface area (Å²) < 4.78 is 46.3. The summed E-state index contributed by atoms with van der Waals surface area (Å²) >= 11 is 0. The zero-order valence-electron chi connectivity index (χ0n) is 17.1. The predicted octanol–water partition coefficient (Wildman–Crippen LogP) is 3.01. The molecule has 0 aromatic carbocycles. The van der Waals surface area contributed by atoms with Crippen molar-refractivity contribution >= 4 is 36.0 Å². The van der Waals surface area contributed by atoms with Crippen LogP contribution in [0.4, 0.5) is 18.0 Å². The molecule has 1 aromatic heterocycles. The molecule has 30 heavy (non-hydrogen) atoms. The van der Waals surface area contributed by atoms with Crippen LogP contribution in [0.1, 0.15) is 26.3 Å². The zero-order chi connectivity index (χ0) is 21.7. The largest absolute Gasteiger partial charge is 0.468 e. The highest BCUT2D eigenvalue weighted by Crippen LogP contribution is 2.17. The number of nitrogens with two attached hydrogens (primary N) is 1. The number of ether oxygens (including phenoxy) is 2. The molecule has 0 aliphatic carbocycles. The van der Waals surface area contributed by atoms with Crippen LogP contribution < -0.4 is 10.5 Å². The number of guanidine groups is 1. The third-order valence-electron chi connectivity index (χ3n) is 3.86. The predicted molar refractivity (Wildman–Crippen MR) is 116 cm³/mol. The quantitative estimate of drug-likeness (QED) is 0.356. The maximum atomic E-state index is 12.1. The number of carbonyl (C=O) groups excluding carboxylic acids is 1. The van der Waals surface area contributed by atoms with Crippen molar-refractivity contribution < 1.29 is 27.4 Å². The van der Waals surface area contributed by atoms with Crippen LogP contribution in [-0.4, -0.2) is 71.4 Å². The number of alkyl halides is 3. The Balaban J connectivity index is 0.00000450. The Labute approximate surface area is 190 Å². The van der Waals surface area contributed by atoms with E-state index in [2.05, 4.69) is 14.7 Å². The Bertz CT molecular complexity index is 715. The van der Waals surface area contributed by atoms with Gasteiger partial charge in [-0.25, -0.2) is 14.8 Å². The lowest BCUT2D eigenvalue weighted by atomic mass is 10.2. The molecule has 0 bridgehead atoms. The van der Waals surface area contributed by atoms with Crippen molar-refractivity contribution in [3.05, 3.63) is 23.9 Å². The van der Waals surface area contributed by atoms with Crippen LogP contribution in [-0.2, 0) is 11.3 Å². The smallest absolute Gasteiger partial charge is 0.422 e. The molecule has 1 saturated heterocycles. The van der Waals surface area contributed by atoms with Gasteiger partial charge in [0.25, 0.3) is 0 Å². The first-order valence-corrected chi connectivity index (χ1v) is 9.10. The van der Waals surface area contributed by atoms with Crippen LogP contribution in [0.3, 0.4) is 0 Å². The number of aromatic nitrogens is 1. The highest BCUT2D eigenvalue weighted by atomic mass is 127. The van der Waals surface area contributed by atoms with Crippen LogP contribution >= 0.6 is 24.0 Å². The molecule has 2 heterocycles. The summed E-state index contributed by atoms with van der Waals surface area (Å²) in [5.74, 6) is 0.215. The van der Waals surface area contributed by atoms with Gasteiger partial charge in [-0.3, -0.25) is 0 Å². The molecule has 1 aromatic rings. The van der Waals surface area contributed by atoms with Crippen molar-refractivity contribution in [2.75, 3.05) is 32.8 Å². The second-order valence-corrected chi connectivity index (χ2v) is 7.54. The molecule has 1 aliphatic heterocycles. The number of aliphatic imine (C=N–C) groups is 1. The highest BCUT2D eigenvalue weighted by Gasteiger charge is 2.28. The maximum Gasteiger partial charge on any atom is 0.422 e. The Morgan fingerprint density at radius 2 is 1.77 bits per heavy atom. The molecule has 0 unspecified atom stereocenters. The molecule has 0 spiro atoms. The van der Waals surface area contributed by atoms with Gasteiger partial charge in [-0.15, -0.1) is 24.0 Å². The number of hydrogen-bond donors (Lipinski definition) is 1. The lowest BCUT2D eigenvalue weighted by Crippen LogP contribution is -2.53. The number of halogens is 4. The molecule has 1 amide bonds. The molecule has 0 saturated carbocycles. The first-order valence-electron chi connectivity index (χ1n) is 9.10. The van der Waals surface area contributed by atoms with Gasteiger partial charge < -0.3 is 25.0 Å². The SMILES string of the molecule is CC(C)(C)OC(=O)N1CCN(C(N)=NCc2ccc(OCC(F)(F)F)nc2)CC1.I. The van der Waals surface area contributed by atoms with Crippen molar-refractivity contribution in [3.63, 3.8) is 0 Å². The molecular formula is C18H27F3IN5O3. The fraction of sp³-hybridized carbons (Fsp3) is 0.611. The van der Waals surface area contributed by atoms with E-state index in [1.54, 1.807) is 11.0 Å². The van der Waals surface area contributed by atoms with E-state index in [-0.39, 0.29) is 42.5 Å². The van der Waals surface area contributed by atoms with Crippen molar-refractivity contribution in [2.24, 2.45) is 10.7 Å². The van der Waals surface area contributed by atoms with Gasteiger partial charge in [-0.1, -0.05) is 6.07 Å². The van der Waals surface area contributed by atoms with Crippen molar-refractivity contribution in [1.82, 2.24) is 14.8 Å². The summed E-state index contributed by atoms with van der Waals surface area (Å²) in [7, 11) is 0. The van der Waals surface area contributed by atoms with Crippen LogP contribution in [0.15, 0.2) is 23.3 Å². The van der Waals surface area contributed by atoms with E-state index in [9.17, 15) is 18.0 Å². The van der Waals surface area contributed by atoms with E-state index < -0.39 is 18.4 Å². The minimum Gasteiger partial charge on any atom is -0.468 e. The topological polar surface area (TPSA) is 93.3 Å². The average molecular weight is 545 g/mol. The third-order valence-corrected chi connectivity index (χ3v) is 3.86. The Hall–Kier alpha value is -1.99. The molecule has 0 atom stereocenters. The van der Waals surface area contributed by atoms with Gasteiger partial charge in [0.15, 0.2) is 12.6 Å². The normalized spacial score (nSPS) is 15.5. The summed E-state index contributed by atoms with van der Waals surface area (Å²) in [4.78, 5) is 23.7. The molecular weight excluding hydrogens is 518 g/mol. The van der Waals surface area contributed by atoms with E-state index in [0.717, 1.165) is 0 Å². The minimum atomic E-state index is -4.41. The first-order chi connectivity index (χ1) is 13.4. The van der Waals surface area contributed by atoms with Crippen molar-refractivity contribution in [3.8, 4) is 5.88 Å². The van der Waals surface area contributed by atoms with Gasteiger partial charge >= 0.3 is 12.3 Å². The number of carbonyl (C=O) groups is 1. The lowest BCUT2D eigenvalue weighted by molar-refractivity contribution is -0.154. The van der Waals surface area contributed by atoms with E-state index in [1.165, 1.54) is 12.3 Å². The van der Waals surface area contributed by atoms with E-state index >= 15 is 0 Å².